The highest BCUT2D eigenvalue weighted by Gasteiger charge is 2.39. The lowest BCUT2D eigenvalue weighted by Gasteiger charge is -2.37. The van der Waals surface area contributed by atoms with Crippen molar-refractivity contribution in [3.05, 3.63) is 102 Å². The third kappa shape index (κ3) is 5.51. The molecule has 0 saturated carbocycles. The molecule has 0 amide bonds. The molecule has 164 valence electrons. The smallest absolute Gasteiger partial charge is 0.141 e. The van der Waals surface area contributed by atoms with Crippen LogP contribution < -0.4 is 5.43 Å². The fourth-order valence-electron chi connectivity index (χ4n) is 4.25. The van der Waals surface area contributed by atoms with Gasteiger partial charge in [-0.2, -0.15) is 5.10 Å². The second kappa shape index (κ2) is 9.92. The van der Waals surface area contributed by atoms with Crippen molar-refractivity contribution >= 4 is 17.2 Å². The standard InChI is InChI=1S/C28H30N2O2/c1-28(2)19-27(31)25(20-32-28)24(21-12-6-3-7-13-21)18-26(22-14-8-4-9-15-22)30-29-23-16-10-5-11-17-23/h3-17,24-25,29H,18-20H2,1-2H3/b30-26+/t24-,25+/m1/s1. The summed E-state index contributed by atoms with van der Waals surface area (Å²) < 4.78 is 6.09. The molecule has 0 bridgehead atoms. The summed E-state index contributed by atoms with van der Waals surface area (Å²) >= 11 is 0. The number of hydrazone groups is 1. The van der Waals surface area contributed by atoms with Gasteiger partial charge < -0.3 is 4.74 Å². The maximum Gasteiger partial charge on any atom is 0.141 e. The van der Waals surface area contributed by atoms with Crippen LogP contribution in [-0.4, -0.2) is 23.7 Å². The zero-order chi connectivity index (χ0) is 22.4. The Kier molecular flexibility index (Phi) is 6.81. The quantitative estimate of drug-likeness (QED) is 0.369. The third-order valence-corrected chi connectivity index (χ3v) is 5.99. The molecule has 1 aliphatic rings. The van der Waals surface area contributed by atoms with Gasteiger partial charge in [0.2, 0.25) is 0 Å². The lowest BCUT2D eigenvalue weighted by atomic mass is 9.76. The predicted octanol–water partition coefficient (Wildman–Crippen LogP) is 6.06. The summed E-state index contributed by atoms with van der Waals surface area (Å²) in [7, 11) is 0. The summed E-state index contributed by atoms with van der Waals surface area (Å²) in [5.74, 6) is 0.0472. The first-order chi connectivity index (χ1) is 15.5. The highest BCUT2D eigenvalue weighted by Crippen LogP contribution is 2.37. The number of Topliss-reactive ketones (excluding diaryl/α,β-unsaturated/α-hetero) is 1. The molecule has 0 radical (unpaired) electrons. The Balaban J connectivity index is 1.68. The molecule has 32 heavy (non-hydrogen) atoms. The second-order valence-corrected chi connectivity index (χ2v) is 8.94. The Bertz CT molecular complexity index is 1050. The number of ether oxygens (including phenoxy) is 1. The minimum atomic E-state index is -0.403. The van der Waals surface area contributed by atoms with E-state index in [1.165, 1.54) is 0 Å². The first kappa shape index (κ1) is 22.0. The fourth-order valence-corrected chi connectivity index (χ4v) is 4.25. The monoisotopic (exact) mass is 426 g/mol. The van der Waals surface area contributed by atoms with Gasteiger partial charge in [0.25, 0.3) is 0 Å². The number of hydrogen-bond acceptors (Lipinski definition) is 4. The molecule has 1 aliphatic heterocycles. The summed E-state index contributed by atoms with van der Waals surface area (Å²) in [6.45, 7) is 4.40. The van der Waals surface area contributed by atoms with Crippen LogP contribution in [-0.2, 0) is 9.53 Å². The lowest BCUT2D eigenvalue weighted by Crippen LogP contribution is -2.42. The Hall–Kier alpha value is -3.24. The number of carbonyl (C=O) groups excluding carboxylic acids is 1. The normalized spacial score (nSPS) is 19.4. The van der Waals surface area contributed by atoms with Gasteiger partial charge in [0.1, 0.15) is 5.78 Å². The van der Waals surface area contributed by atoms with Crippen molar-refractivity contribution in [3.8, 4) is 0 Å². The number of para-hydroxylation sites is 1. The molecule has 4 nitrogen and oxygen atoms in total. The molecule has 1 N–H and O–H groups in total. The van der Waals surface area contributed by atoms with E-state index in [4.69, 9.17) is 9.84 Å². The summed E-state index contributed by atoms with van der Waals surface area (Å²) in [6.07, 6.45) is 1.06. The van der Waals surface area contributed by atoms with Gasteiger partial charge in [0.05, 0.1) is 23.6 Å². The third-order valence-electron chi connectivity index (χ3n) is 5.99. The van der Waals surface area contributed by atoms with Crippen LogP contribution in [0, 0.1) is 5.92 Å². The first-order valence-electron chi connectivity index (χ1n) is 11.2. The molecule has 1 heterocycles. The highest BCUT2D eigenvalue weighted by molar-refractivity contribution is 6.02. The Morgan fingerprint density at radius 1 is 0.969 bits per heavy atom. The summed E-state index contributed by atoms with van der Waals surface area (Å²) in [4.78, 5) is 13.2. The van der Waals surface area contributed by atoms with Crippen molar-refractivity contribution in [2.75, 3.05) is 12.0 Å². The van der Waals surface area contributed by atoms with E-state index in [1.54, 1.807) is 0 Å². The Morgan fingerprint density at radius 3 is 2.19 bits per heavy atom. The number of hydrogen-bond donors (Lipinski definition) is 1. The summed E-state index contributed by atoms with van der Waals surface area (Å²) in [5.41, 5.74) is 6.82. The molecule has 0 aromatic heterocycles. The van der Waals surface area contributed by atoms with Crippen molar-refractivity contribution in [1.29, 1.82) is 0 Å². The molecule has 0 unspecified atom stereocenters. The van der Waals surface area contributed by atoms with Gasteiger partial charge in [0.15, 0.2) is 0 Å². The SMILES string of the molecule is CC1(C)CC(=O)[C@H]([C@H](C/C(=N\Nc2ccccc2)c2ccccc2)c2ccccc2)CO1. The number of nitrogens with zero attached hydrogens (tertiary/aromatic N) is 1. The minimum absolute atomic E-state index is 0.0173. The van der Waals surface area contributed by atoms with Crippen LogP contribution in [0.4, 0.5) is 5.69 Å². The van der Waals surface area contributed by atoms with Gasteiger partial charge >= 0.3 is 0 Å². The van der Waals surface area contributed by atoms with Gasteiger partial charge in [-0.05, 0) is 43.5 Å². The topological polar surface area (TPSA) is 50.7 Å². The number of benzene rings is 3. The average molecular weight is 427 g/mol. The van der Waals surface area contributed by atoms with E-state index in [0.717, 1.165) is 22.5 Å². The molecule has 1 fully saturated rings. The number of rotatable bonds is 7. The molecule has 3 aromatic carbocycles. The second-order valence-electron chi connectivity index (χ2n) is 8.94. The molecule has 3 aromatic rings. The number of ketones is 1. The van der Waals surface area contributed by atoms with Crippen LogP contribution in [0.3, 0.4) is 0 Å². The lowest BCUT2D eigenvalue weighted by molar-refractivity contribution is -0.145. The van der Waals surface area contributed by atoms with E-state index in [2.05, 4.69) is 29.7 Å². The van der Waals surface area contributed by atoms with Crippen LogP contribution >= 0.6 is 0 Å². The van der Waals surface area contributed by atoms with Crippen LogP contribution in [0.2, 0.25) is 0 Å². The van der Waals surface area contributed by atoms with Crippen LogP contribution in [0.25, 0.3) is 0 Å². The number of carbonyl (C=O) groups is 1. The zero-order valence-corrected chi connectivity index (χ0v) is 18.7. The van der Waals surface area contributed by atoms with E-state index in [9.17, 15) is 4.79 Å². The van der Waals surface area contributed by atoms with Crippen LogP contribution in [0.5, 0.6) is 0 Å². The van der Waals surface area contributed by atoms with Crippen molar-refractivity contribution in [3.63, 3.8) is 0 Å². The number of nitrogens with one attached hydrogen (secondary N) is 1. The van der Waals surface area contributed by atoms with Gasteiger partial charge in [-0.3, -0.25) is 10.2 Å². The summed E-state index contributed by atoms with van der Waals surface area (Å²) in [5, 5.41) is 4.79. The van der Waals surface area contributed by atoms with E-state index in [0.29, 0.717) is 19.4 Å². The van der Waals surface area contributed by atoms with Crippen molar-refractivity contribution < 1.29 is 9.53 Å². The maximum absolute atomic E-state index is 13.2. The van der Waals surface area contributed by atoms with Crippen LogP contribution in [0.1, 0.15) is 43.7 Å². The Labute approximate surface area is 190 Å². The van der Waals surface area contributed by atoms with Crippen molar-refractivity contribution in [1.82, 2.24) is 0 Å². The van der Waals surface area contributed by atoms with Gasteiger partial charge in [-0.15, -0.1) is 0 Å². The maximum atomic E-state index is 13.2. The average Bonchev–Trinajstić information content (AvgIpc) is 2.81. The van der Waals surface area contributed by atoms with E-state index >= 15 is 0 Å². The highest BCUT2D eigenvalue weighted by atomic mass is 16.5. The van der Waals surface area contributed by atoms with E-state index in [-0.39, 0.29) is 17.6 Å². The van der Waals surface area contributed by atoms with E-state index in [1.807, 2.05) is 80.6 Å². The molecule has 0 aliphatic carbocycles. The predicted molar refractivity (Wildman–Crippen MR) is 130 cm³/mol. The zero-order valence-electron chi connectivity index (χ0n) is 18.7. The molecular weight excluding hydrogens is 396 g/mol. The van der Waals surface area contributed by atoms with Crippen molar-refractivity contribution in [2.45, 2.75) is 38.2 Å². The van der Waals surface area contributed by atoms with Crippen LogP contribution in [0.15, 0.2) is 96.1 Å². The minimum Gasteiger partial charge on any atom is -0.374 e. The van der Waals surface area contributed by atoms with Gasteiger partial charge in [-0.1, -0.05) is 78.9 Å². The molecule has 2 atom stereocenters. The van der Waals surface area contributed by atoms with Gasteiger partial charge in [-0.25, -0.2) is 0 Å². The Morgan fingerprint density at radius 2 is 1.56 bits per heavy atom. The van der Waals surface area contributed by atoms with Crippen molar-refractivity contribution in [2.24, 2.45) is 11.0 Å². The summed E-state index contributed by atoms with van der Waals surface area (Å²) in [6, 6.07) is 30.3. The molecule has 4 rings (SSSR count). The molecule has 4 heteroatoms. The first-order valence-corrected chi connectivity index (χ1v) is 11.2. The largest absolute Gasteiger partial charge is 0.374 e. The molecular formula is C28H30N2O2. The fraction of sp³-hybridized carbons (Fsp3) is 0.286. The van der Waals surface area contributed by atoms with E-state index < -0.39 is 5.60 Å². The van der Waals surface area contributed by atoms with Gasteiger partial charge in [0, 0.05) is 18.3 Å². The number of anilines is 1. The molecule has 1 saturated heterocycles. The molecule has 0 spiro atoms.